The standard InChI is InChI=1S/2C23H31N3O4/c1-6-7-12-29-18-14-16(2)13-17(15-18)19-24-20(27)23(25-19)8-10-26(11-9-23)21(28)30-22(3,4)5;1-6-7-12-29-19-14-17(2)13-18(15-19)20(27)25-23(16-24)8-10-26(11-9-23)21(28)30-22(3,4)5/h6,13-15H,1,7-12H2,2-5H3,(H,24,25,27);6,13-15H,1,7-12H2,2-5H3,(H,25,27). The molecule has 0 aliphatic carbocycles. The molecule has 0 bridgehead atoms. The number of carbonyl (C=O) groups excluding carboxylic acids is 4. The average Bonchev–Trinajstić information content (AvgIpc) is 3.48. The first-order chi connectivity index (χ1) is 28.2. The minimum atomic E-state index is -1.02. The van der Waals surface area contributed by atoms with Crippen LogP contribution in [0.1, 0.15) is 107 Å². The van der Waals surface area contributed by atoms with E-state index in [2.05, 4.69) is 29.9 Å². The van der Waals surface area contributed by atoms with Gasteiger partial charge in [0.15, 0.2) is 0 Å². The molecule has 4 amide bonds. The van der Waals surface area contributed by atoms with E-state index in [1.165, 1.54) is 0 Å². The maximum absolute atomic E-state index is 12.9. The maximum atomic E-state index is 12.9. The number of rotatable bonds is 11. The van der Waals surface area contributed by atoms with Crippen LogP contribution >= 0.6 is 0 Å². The molecular formula is C46H62N6O8. The van der Waals surface area contributed by atoms with Crippen LogP contribution in [0.4, 0.5) is 9.59 Å². The summed E-state index contributed by atoms with van der Waals surface area (Å²) < 4.78 is 22.3. The van der Waals surface area contributed by atoms with E-state index in [-0.39, 0.29) is 17.9 Å². The first-order valence-electron chi connectivity index (χ1n) is 20.5. The lowest BCUT2D eigenvalue weighted by Crippen LogP contribution is -2.55. The molecule has 1 spiro atoms. The number of aryl methyl sites for hydroxylation is 2. The highest BCUT2D eigenvalue weighted by Gasteiger charge is 2.47. The van der Waals surface area contributed by atoms with Gasteiger partial charge in [0.2, 0.25) is 0 Å². The van der Waals surface area contributed by atoms with Crippen LogP contribution in [0.15, 0.2) is 66.7 Å². The van der Waals surface area contributed by atoms with Crippen LogP contribution in [-0.2, 0) is 14.3 Å². The van der Waals surface area contributed by atoms with Gasteiger partial charge in [0.1, 0.15) is 39.6 Å². The fraction of sp³-hybridized carbons (Fsp3) is 0.522. The molecule has 0 unspecified atom stereocenters. The van der Waals surface area contributed by atoms with Crippen LogP contribution in [0.25, 0.3) is 0 Å². The maximum Gasteiger partial charge on any atom is 0.410 e. The number of hydrogen-bond donors (Lipinski definition) is 2. The highest BCUT2D eigenvalue weighted by atomic mass is 16.6. The molecule has 2 N–H and O–H groups in total. The Kier molecular flexibility index (Phi) is 15.6. The molecule has 0 radical (unpaired) electrons. The SMILES string of the molecule is C=CCCOc1cc(C)cc(C(=O)NC2(C#N)CCN(C(=O)OC(C)(C)C)CC2)c1.C=CCCOc1cc(C)cc(C2=NC3(CCN(C(=O)OC(C)(C)C)CC3)C(=O)N2)c1. The van der Waals surface area contributed by atoms with Crippen molar-refractivity contribution in [1.82, 2.24) is 20.4 Å². The van der Waals surface area contributed by atoms with Gasteiger partial charge in [-0.25, -0.2) is 9.59 Å². The fourth-order valence-electron chi connectivity index (χ4n) is 6.78. The molecule has 0 atom stereocenters. The average molecular weight is 827 g/mol. The molecular weight excluding hydrogens is 765 g/mol. The van der Waals surface area contributed by atoms with Crippen molar-refractivity contribution < 1.29 is 38.1 Å². The van der Waals surface area contributed by atoms with Gasteiger partial charge in [0.25, 0.3) is 11.8 Å². The predicted molar refractivity (Wildman–Crippen MR) is 230 cm³/mol. The minimum absolute atomic E-state index is 0.114. The number of carbonyl (C=O) groups is 4. The Morgan fingerprint density at radius 2 is 1.28 bits per heavy atom. The number of likely N-dealkylation sites (tertiary alicyclic amines) is 2. The monoisotopic (exact) mass is 826 g/mol. The second-order valence-electron chi connectivity index (χ2n) is 17.5. The number of benzene rings is 2. The predicted octanol–water partition coefficient (Wildman–Crippen LogP) is 7.57. The van der Waals surface area contributed by atoms with Crippen LogP contribution < -0.4 is 20.1 Å². The lowest BCUT2D eigenvalue weighted by atomic mass is 9.88. The van der Waals surface area contributed by atoms with Gasteiger partial charge in [-0.15, -0.1) is 13.2 Å². The van der Waals surface area contributed by atoms with Crippen LogP contribution in [0.2, 0.25) is 0 Å². The number of ether oxygens (including phenoxy) is 4. The lowest BCUT2D eigenvalue weighted by molar-refractivity contribution is -0.125. The third-order valence-electron chi connectivity index (χ3n) is 9.88. The van der Waals surface area contributed by atoms with Gasteiger partial charge in [-0.3, -0.25) is 14.6 Å². The number of piperidine rings is 2. The van der Waals surface area contributed by atoms with E-state index < -0.39 is 28.4 Å². The normalized spacial score (nSPS) is 16.9. The van der Waals surface area contributed by atoms with Crippen LogP contribution in [0.5, 0.6) is 11.5 Å². The number of nitrogens with zero attached hydrogens (tertiary/aromatic N) is 4. The van der Waals surface area contributed by atoms with Gasteiger partial charge in [-0.05, 0) is 129 Å². The number of hydrogen-bond acceptors (Lipinski definition) is 10. The Hall–Kier alpha value is -5.84. The van der Waals surface area contributed by atoms with E-state index in [0.29, 0.717) is 88.6 Å². The van der Waals surface area contributed by atoms with Crippen molar-refractivity contribution in [3.63, 3.8) is 0 Å². The van der Waals surface area contributed by atoms with E-state index in [4.69, 9.17) is 23.9 Å². The van der Waals surface area contributed by atoms with Crippen molar-refractivity contribution in [2.24, 2.45) is 4.99 Å². The first kappa shape index (κ1) is 46.8. The zero-order chi connectivity index (χ0) is 44.3. The summed E-state index contributed by atoms with van der Waals surface area (Å²) in [5.74, 6) is 1.46. The molecule has 2 saturated heterocycles. The Morgan fingerprint density at radius 1 is 0.800 bits per heavy atom. The van der Waals surface area contributed by atoms with Crippen LogP contribution in [0, 0.1) is 25.2 Å². The molecule has 2 aromatic carbocycles. The van der Waals surface area contributed by atoms with Gasteiger partial charge in [-0.2, -0.15) is 5.26 Å². The largest absolute Gasteiger partial charge is 0.493 e. The first-order valence-corrected chi connectivity index (χ1v) is 20.5. The summed E-state index contributed by atoms with van der Waals surface area (Å²) in [6.45, 7) is 24.8. The molecule has 14 nitrogen and oxygen atoms in total. The smallest absolute Gasteiger partial charge is 0.410 e. The van der Waals surface area contributed by atoms with Crippen molar-refractivity contribution in [3.05, 3.63) is 84.0 Å². The summed E-state index contributed by atoms with van der Waals surface area (Å²) in [4.78, 5) is 58.3. The van der Waals surface area contributed by atoms with Crippen LogP contribution in [-0.4, -0.2) is 101 Å². The summed E-state index contributed by atoms with van der Waals surface area (Å²) >= 11 is 0. The molecule has 0 saturated carbocycles. The highest BCUT2D eigenvalue weighted by Crippen LogP contribution is 2.33. The third-order valence-corrected chi connectivity index (χ3v) is 9.88. The zero-order valence-corrected chi connectivity index (χ0v) is 36.6. The van der Waals surface area contributed by atoms with E-state index in [0.717, 1.165) is 28.9 Å². The topological polar surface area (TPSA) is 172 Å². The molecule has 2 aromatic rings. The van der Waals surface area contributed by atoms with E-state index in [9.17, 15) is 24.4 Å². The van der Waals surface area contributed by atoms with Crippen molar-refractivity contribution in [1.29, 1.82) is 5.26 Å². The minimum Gasteiger partial charge on any atom is -0.493 e. The number of amidine groups is 1. The van der Waals surface area contributed by atoms with Crippen molar-refractivity contribution in [2.75, 3.05) is 39.4 Å². The van der Waals surface area contributed by atoms with E-state index in [1.54, 1.807) is 28.0 Å². The molecule has 3 aliphatic rings. The van der Waals surface area contributed by atoms with Crippen molar-refractivity contribution in [3.8, 4) is 17.6 Å². The summed E-state index contributed by atoms with van der Waals surface area (Å²) in [7, 11) is 0. The lowest BCUT2D eigenvalue weighted by Gasteiger charge is -2.38. The number of aliphatic imine (C=N–C) groups is 1. The third kappa shape index (κ3) is 13.3. The molecule has 60 heavy (non-hydrogen) atoms. The van der Waals surface area contributed by atoms with E-state index >= 15 is 0 Å². The molecule has 5 rings (SSSR count). The van der Waals surface area contributed by atoms with Gasteiger partial charge < -0.3 is 39.4 Å². The molecule has 3 aliphatic heterocycles. The Morgan fingerprint density at radius 3 is 1.77 bits per heavy atom. The number of amides is 4. The highest BCUT2D eigenvalue weighted by molar-refractivity contribution is 6.15. The second-order valence-corrected chi connectivity index (χ2v) is 17.5. The fourth-order valence-corrected chi connectivity index (χ4v) is 6.78. The molecule has 14 heteroatoms. The zero-order valence-electron chi connectivity index (χ0n) is 36.6. The number of nitrogens with one attached hydrogen (secondary N) is 2. The van der Waals surface area contributed by atoms with Gasteiger partial charge >= 0.3 is 12.2 Å². The Bertz CT molecular complexity index is 1970. The van der Waals surface area contributed by atoms with Crippen molar-refractivity contribution >= 4 is 29.8 Å². The summed E-state index contributed by atoms with van der Waals surface area (Å²) in [6.07, 6.45) is 5.91. The molecule has 2 fully saturated rings. The van der Waals surface area contributed by atoms with Crippen LogP contribution in [0.3, 0.4) is 0 Å². The number of nitriles is 1. The Labute approximate surface area is 355 Å². The van der Waals surface area contributed by atoms with Gasteiger partial charge in [0.05, 0.1) is 19.3 Å². The second kappa shape index (κ2) is 19.9. The molecule has 324 valence electrons. The summed E-state index contributed by atoms with van der Waals surface area (Å²) in [6, 6.07) is 13.4. The summed E-state index contributed by atoms with van der Waals surface area (Å²) in [5.41, 5.74) is 0.201. The van der Waals surface area contributed by atoms with Gasteiger partial charge in [0, 0.05) is 50.1 Å². The molecule has 3 heterocycles. The quantitative estimate of drug-likeness (QED) is 0.171. The Balaban J connectivity index is 0.000000265. The van der Waals surface area contributed by atoms with Gasteiger partial charge in [-0.1, -0.05) is 12.2 Å². The molecule has 0 aromatic heterocycles. The summed E-state index contributed by atoms with van der Waals surface area (Å²) in [5, 5.41) is 15.6. The van der Waals surface area contributed by atoms with Crippen molar-refractivity contribution in [2.45, 2.75) is 116 Å². The van der Waals surface area contributed by atoms with E-state index in [1.807, 2.05) is 85.7 Å².